The summed E-state index contributed by atoms with van der Waals surface area (Å²) < 4.78 is 54.2. The van der Waals surface area contributed by atoms with Crippen molar-refractivity contribution in [2.24, 2.45) is 0 Å². The van der Waals surface area contributed by atoms with Crippen LogP contribution in [0, 0.1) is 5.82 Å². The third-order valence-corrected chi connectivity index (χ3v) is 3.76. The Morgan fingerprint density at radius 2 is 1.88 bits per heavy atom. The molecule has 1 aliphatic heterocycles. The second-order valence-corrected chi connectivity index (χ2v) is 5.30. The first kappa shape index (κ1) is 16.0. The fourth-order valence-corrected chi connectivity index (χ4v) is 2.72. The van der Waals surface area contributed by atoms with E-state index in [4.69, 9.17) is 0 Å². The van der Waals surface area contributed by atoms with E-state index in [2.05, 4.69) is 5.32 Å². The number of hydrogen-bond acceptors (Lipinski definition) is 2. The number of carboxylic acids is 1. The van der Waals surface area contributed by atoms with E-state index in [-0.39, 0.29) is 17.1 Å². The molecule has 2 aromatic rings. The number of aromatic nitrogens is 1. The molecule has 1 amide bonds. The van der Waals surface area contributed by atoms with Crippen LogP contribution in [0.1, 0.15) is 28.4 Å². The summed E-state index contributed by atoms with van der Waals surface area (Å²) in [5.41, 5.74) is -1.07. The second-order valence-electron chi connectivity index (χ2n) is 5.30. The van der Waals surface area contributed by atoms with E-state index in [0.29, 0.717) is 0 Å². The molecule has 0 fully saturated rings. The molecule has 0 saturated carbocycles. The molecule has 2 N–H and O–H groups in total. The highest BCUT2D eigenvalue weighted by Gasteiger charge is 2.48. The Morgan fingerprint density at radius 3 is 2.42 bits per heavy atom. The predicted molar refractivity (Wildman–Crippen MR) is 74.7 cm³/mol. The zero-order chi connectivity index (χ0) is 17.6. The van der Waals surface area contributed by atoms with Gasteiger partial charge in [0.2, 0.25) is 5.91 Å². The number of rotatable bonds is 2. The zero-order valence-corrected chi connectivity index (χ0v) is 11.9. The maximum atomic E-state index is 13.4. The molecular weight excluding hydrogens is 332 g/mol. The maximum Gasteiger partial charge on any atom is 0.397 e. The van der Waals surface area contributed by atoms with Crippen molar-refractivity contribution in [3.63, 3.8) is 0 Å². The molecule has 1 aromatic heterocycles. The molecule has 0 radical (unpaired) electrons. The number of carboxylic acid groups (broad SMARTS) is 1. The van der Waals surface area contributed by atoms with Gasteiger partial charge in [-0.25, -0.2) is 9.18 Å². The Morgan fingerprint density at radius 1 is 1.25 bits per heavy atom. The minimum absolute atomic E-state index is 0.158. The minimum atomic E-state index is -4.74. The van der Waals surface area contributed by atoms with E-state index < -0.39 is 41.8 Å². The summed E-state index contributed by atoms with van der Waals surface area (Å²) >= 11 is 0. The molecule has 0 bridgehead atoms. The number of anilines is 1. The molecule has 0 aliphatic carbocycles. The largest absolute Gasteiger partial charge is 0.478 e. The van der Waals surface area contributed by atoms with Crippen molar-refractivity contribution in [3.8, 4) is 5.69 Å². The van der Waals surface area contributed by atoms with Gasteiger partial charge in [0.05, 0.1) is 11.4 Å². The highest BCUT2D eigenvalue weighted by molar-refractivity contribution is 6.03. The van der Waals surface area contributed by atoms with Gasteiger partial charge in [0.25, 0.3) is 0 Å². The average Bonchev–Trinajstić information content (AvgIpc) is 2.85. The van der Waals surface area contributed by atoms with Crippen molar-refractivity contribution in [2.45, 2.75) is 18.5 Å². The van der Waals surface area contributed by atoms with Gasteiger partial charge in [0.15, 0.2) is 0 Å². The van der Waals surface area contributed by atoms with Gasteiger partial charge in [-0.1, -0.05) is 0 Å². The highest BCUT2D eigenvalue weighted by atomic mass is 19.4. The van der Waals surface area contributed by atoms with Gasteiger partial charge in [-0.05, 0) is 24.3 Å². The minimum Gasteiger partial charge on any atom is -0.478 e. The fourth-order valence-electron chi connectivity index (χ4n) is 2.72. The molecule has 1 aromatic carbocycles. The van der Waals surface area contributed by atoms with Crippen LogP contribution < -0.4 is 5.32 Å². The molecule has 1 aliphatic rings. The summed E-state index contributed by atoms with van der Waals surface area (Å²) in [5.74, 6) is -5.13. The number of halogens is 4. The van der Waals surface area contributed by atoms with Crippen LogP contribution in [-0.4, -0.2) is 27.7 Å². The Balaban J connectivity index is 2.28. The summed E-state index contributed by atoms with van der Waals surface area (Å²) in [5, 5.41) is 11.4. The third kappa shape index (κ3) is 2.61. The lowest BCUT2D eigenvalue weighted by molar-refractivity contribution is -0.157. The number of nitrogens with zero attached hydrogens (tertiary/aromatic N) is 1. The Kier molecular flexibility index (Phi) is 3.58. The van der Waals surface area contributed by atoms with E-state index in [9.17, 15) is 32.3 Å². The number of aromatic carboxylic acids is 1. The standard InChI is InChI=1S/C15H10F4N2O3/c16-7-1-3-8(4-2-7)21-6-9(14(23)24)12-13(21)10(15(17,18)19)5-11(22)20-12/h1-4,6,10H,5H2,(H,20,22)(H,23,24)/t10-/m0/s1. The molecule has 0 unspecified atom stereocenters. The molecule has 0 saturated heterocycles. The summed E-state index contributed by atoms with van der Waals surface area (Å²) in [6.45, 7) is 0. The number of fused-ring (bicyclic) bond motifs is 1. The molecule has 9 heteroatoms. The molecule has 3 rings (SSSR count). The monoisotopic (exact) mass is 342 g/mol. The summed E-state index contributed by atoms with van der Waals surface area (Å²) in [7, 11) is 0. The lowest BCUT2D eigenvalue weighted by atomic mass is 9.94. The molecule has 24 heavy (non-hydrogen) atoms. The molecule has 1 atom stereocenters. The number of alkyl halides is 3. The summed E-state index contributed by atoms with van der Waals surface area (Å²) in [4.78, 5) is 22.9. The number of hydrogen-bond donors (Lipinski definition) is 2. The molecule has 126 valence electrons. The van der Waals surface area contributed by atoms with E-state index in [1.807, 2.05) is 0 Å². The lowest BCUT2D eigenvalue weighted by Crippen LogP contribution is -2.33. The van der Waals surface area contributed by atoms with E-state index in [0.717, 1.165) is 22.9 Å². The molecule has 0 spiro atoms. The quantitative estimate of drug-likeness (QED) is 0.823. The maximum absolute atomic E-state index is 13.4. The number of amides is 1. The second kappa shape index (κ2) is 5.36. The van der Waals surface area contributed by atoms with Crippen molar-refractivity contribution in [1.29, 1.82) is 0 Å². The Bertz CT molecular complexity index is 824. The van der Waals surface area contributed by atoms with Crippen molar-refractivity contribution in [1.82, 2.24) is 4.57 Å². The number of benzene rings is 1. The van der Waals surface area contributed by atoms with Crippen LogP contribution in [0.2, 0.25) is 0 Å². The van der Waals surface area contributed by atoms with Gasteiger partial charge in [0.1, 0.15) is 17.3 Å². The molecular formula is C15H10F4N2O3. The molecule has 2 heterocycles. The van der Waals surface area contributed by atoms with Crippen molar-refractivity contribution >= 4 is 17.6 Å². The third-order valence-electron chi connectivity index (χ3n) is 3.76. The van der Waals surface area contributed by atoms with Crippen molar-refractivity contribution in [3.05, 3.63) is 47.5 Å². The van der Waals surface area contributed by atoms with E-state index >= 15 is 0 Å². The summed E-state index contributed by atoms with van der Waals surface area (Å²) in [6, 6.07) is 4.55. The van der Waals surface area contributed by atoms with Gasteiger partial charge < -0.3 is 15.0 Å². The smallest absolute Gasteiger partial charge is 0.397 e. The Hall–Kier alpha value is -2.84. The average molecular weight is 342 g/mol. The van der Waals surface area contributed by atoms with Gasteiger partial charge in [-0.15, -0.1) is 0 Å². The number of carbonyl (C=O) groups is 2. The van der Waals surface area contributed by atoms with Crippen LogP contribution in [0.5, 0.6) is 0 Å². The first-order valence-corrected chi connectivity index (χ1v) is 6.79. The predicted octanol–water partition coefficient (Wildman–Crippen LogP) is 3.30. The van der Waals surface area contributed by atoms with Crippen LogP contribution in [0.25, 0.3) is 5.69 Å². The fraction of sp³-hybridized carbons (Fsp3) is 0.200. The van der Waals surface area contributed by atoms with Crippen molar-refractivity contribution in [2.75, 3.05) is 5.32 Å². The first-order valence-electron chi connectivity index (χ1n) is 6.79. The van der Waals surface area contributed by atoms with Gasteiger partial charge in [0, 0.05) is 18.3 Å². The lowest BCUT2D eigenvalue weighted by Gasteiger charge is -2.27. The van der Waals surface area contributed by atoms with Crippen LogP contribution >= 0.6 is 0 Å². The zero-order valence-electron chi connectivity index (χ0n) is 11.9. The normalized spacial score (nSPS) is 17.3. The van der Waals surface area contributed by atoms with Crippen LogP contribution in [0.15, 0.2) is 30.5 Å². The number of nitrogens with one attached hydrogen (secondary N) is 1. The number of carbonyl (C=O) groups excluding carboxylic acids is 1. The topological polar surface area (TPSA) is 71.3 Å². The highest BCUT2D eigenvalue weighted by Crippen LogP contribution is 2.46. The van der Waals surface area contributed by atoms with Gasteiger partial charge in [-0.3, -0.25) is 4.79 Å². The SMILES string of the molecule is O=C1C[C@H](C(F)(F)F)c2c(c(C(=O)O)cn2-c2ccc(F)cc2)N1. The summed E-state index contributed by atoms with van der Waals surface area (Å²) in [6.07, 6.45) is -4.59. The first-order chi connectivity index (χ1) is 11.2. The van der Waals surface area contributed by atoms with E-state index in [1.165, 1.54) is 12.1 Å². The van der Waals surface area contributed by atoms with Crippen LogP contribution in [0.4, 0.5) is 23.2 Å². The van der Waals surface area contributed by atoms with Crippen molar-refractivity contribution < 1.29 is 32.3 Å². The van der Waals surface area contributed by atoms with Crippen LogP contribution in [-0.2, 0) is 4.79 Å². The van der Waals surface area contributed by atoms with E-state index in [1.54, 1.807) is 0 Å². The molecule has 5 nitrogen and oxygen atoms in total. The van der Waals surface area contributed by atoms with Gasteiger partial charge >= 0.3 is 12.1 Å². The Labute approximate surface area is 132 Å². The van der Waals surface area contributed by atoms with Gasteiger partial charge in [-0.2, -0.15) is 13.2 Å². The van der Waals surface area contributed by atoms with Crippen LogP contribution in [0.3, 0.4) is 0 Å².